The van der Waals surface area contributed by atoms with E-state index >= 15 is 0 Å². The van der Waals surface area contributed by atoms with Crippen LogP contribution >= 0.6 is 11.3 Å². The smallest absolute Gasteiger partial charge is 0.184 e. The number of aromatic nitrogens is 1. The molecular weight excluding hydrogens is 170 g/mol. The zero-order valence-corrected chi connectivity index (χ0v) is 8.16. The van der Waals surface area contributed by atoms with Crippen molar-refractivity contribution in [3.63, 3.8) is 0 Å². The molecule has 0 radical (unpaired) electrons. The Labute approximate surface area is 77.0 Å². The standard InChI is InChI=1S/C8H15N3S/c1-2-3-4-5-10-8-11-6-7(9)12-8/h6H,2-5,9H2,1H3,(H,10,11). The first kappa shape index (κ1) is 9.32. The molecule has 0 atom stereocenters. The fourth-order valence-electron chi connectivity index (χ4n) is 0.939. The van der Waals surface area contributed by atoms with Gasteiger partial charge in [0.05, 0.1) is 6.20 Å². The normalized spacial score (nSPS) is 10.1. The number of rotatable bonds is 5. The molecule has 0 aliphatic heterocycles. The van der Waals surface area contributed by atoms with Crippen molar-refractivity contribution in [2.24, 2.45) is 0 Å². The average molecular weight is 185 g/mol. The van der Waals surface area contributed by atoms with Crippen molar-refractivity contribution in [3.05, 3.63) is 6.20 Å². The summed E-state index contributed by atoms with van der Waals surface area (Å²) >= 11 is 1.50. The molecule has 0 unspecified atom stereocenters. The molecule has 68 valence electrons. The average Bonchev–Trinajstić information content (AvgIpc) is 2.45. The summed E-state index contributed by atoms with van der Waals surface area (Å²) in [5.41, 5.74) is 5.53. The Morgan fingerprint density at radius 1 is 1.58 bits per heavy atom. The van der Waals surface area contributed by atoms with Crippen LogP contribution in [0.3, 0.4) is 0 Å². The summed E-state index contributed by atoms with van der Waals surface area (Å²) in [6, 6.07) is 0. The van der Waals surface area contributed by atoms with E-state index in [-0.39, 0.29) is 0 Å². The number of nitrogens with zero attached hydrogens (tertiary/aromatic N) is 1. The number of unbranched alkanes of at least 4 members (excludes halogenated alkanes) is 2. The maximum atomic E-state index is 5.53. The Morgan fingerprint density at radius 2 is 2.42 bits per heavy atom. The predicted molar refractivity (Wildman–Crippen MR) is 54.5 cm³/mol. The van der Waals surface area contributed by atoms with Crippen molar-refractivity contribution in [1.82, 2.24) is 4.98 Å². The largest absolute Gasteiger partial charge is 0.389 e. The molecule has 0 aliphatic carbocycles. The van der Waals surface area contributed by atoms with E-state index in [2.05, 4.69) is 17.2 Å². The minimum absolute atomic E-state index is 0.771. The Bertz CT molecular complexity index is 222. The Balaban J connectivity index is 2.15. The number of hydrogen-bond donors (Lipinski definition) is 2. The van der Waals surface area contributed by atoms with E-state index in [1.165, 1.54) is 30.6 Å². The van der Waals surface area contributed by atoms with Crippen molar-refractivity contribution in [1.29, 1.82) is 0 Å². The van der Waals surface area contributed by atoms with Crippen molar-refractivity contribution >= 4 is 21.5 Å². The van der Waals surface area contributed by atoms with Gasteiger partial charge in [0.2, 0.25) is 0 Å². The van der Waals surface area contributed by atoms with E-state index in [0.717, 1.165) is 16.7 Å². The van der Waals surface area contributed by atoms with Crippen molar-refractivity contribution in [2.75, 3.05) is 17.6 Å². The highest BCUT2D eigenvalue weighted by Crippen LogP contribution is 2.19. The summed E-state index contributed by atoms with van der Waals surface area (Å²) in [6.45, 7) is 3.20. The molecule has 0 aliphatic rings. The number of thiazole rings is 1. The molecule has 0 amide bonds. The van der Waals surface area contributed by atoms with Gasteiger partial charge in [-0.15, -0.1) is 0 Å². The quantitative estimate of drug-likeness (QED) is 0.692. The van der Waals surface area contributed by atoms with E-state index in [9.17, 15) is 0 Å². The van der Waals surface area contributed by atoms with E-state index in [1.54, 1.807) is 6.20 Å². The highest BCUT2D eigenvalue weighted by Gasteiger charge is 1.95. The predicted octanol–water partition coefficient (Wildman–Crippen LogP) is 2.33. The third-order valence-corrected chi connectivity index (χ3v) is 2.36. The highest BCUT2D eigenvalue weighted by atomic mass is 32.1. The number of anilines is 2. The summed E-state index contributed by atoms with van der Waals surface area (Å²) in [4.78, 5) is 4.10. The van der Waals surface area contributed by atoms with E-state index in [1.807, 2.05) is 0 Å². The van der Waals surface area contributed by atoms with Gasteiger partial charge in [0.25, 0.3) is 0 Å². The maximum absolute atomic E-state index is 5.53. The number of nitrogens with one attached hydrogen (secondary N) is 1. The second-order valence-corrected chi connectivity index (χ2v) is 3.76. The SMILES string of the molecule is CCCCCNc1ncc(N)s1. The van der Waals surface area contributed by atoms with E-state index in [4.69, 9.17) is 5.73 Å². The first-order valence-electron chi connectivity index (χ1n) is 4.28. The zero-order chi connectivity index (χ0) is 8.81. The molecule has 3 nitrogen and oxygen atoms in total. The summed E-state index contributed by atoms with van der Waals surface area (Å²) < 4.78 is 0. The molecule has 0 aromatic carbocycles. The lowest BCUT2D eigenvalue weighted by Gasteiger charge is -1.99. The van der Waals surface area contributed by atoms with Gasteiger partial charge in [-0.05, 0) is 6.42 Å². The first-order valence-corrected chi connectivity index (χ1v) is 5.09. The summed E-state index contributed by atoms with van der Waals surface area (Å²) in [7, 11) is 0. The lowest BCUT2D eigenvalue weighted by Crippen LogP contribution is -1.99. The third-order valence-electron chi connectivity index (χ3n) is 1.58. The van der Waals surface area contributed by atoms with Gasteiger partial charge < -0.3 is 11.1 Å². The van der Waals surface area contributed by atoms with Gasteiger partial charge in [-0.25, -0.2) is 4.98 Å². The van der Waals surface area contributed by atoms with Crippen LogP contribution in [0.1, 0.15) is 26.2 Å². The Morgan fingerprint density at radius 3 is 3.00 bits per heavy atom. The number of nitrogens with two attached hydrogens (primary N) is 1. The van der Waals surface area contributed by atoms with Crippen LogP contribution in [0.2, 0.25) is 0 Å². The summed E-state index contributed by atoms with van der Waals surface area (Å²) in [6.07, 6.45) is 5.42. The molecule has 0 saturated heterocycles. The van der Waals surface area contributed by atoms with Crippen LogP contribution in [0.25, 0.3) is 0 Å². The van der Waals surface area contributed by atoms with Gasteiger partial charge in [0.15, 0.2) is 5.13 Å². The van der Waals surface area contributed by atoms with Gasteiger partial charge in [-0.1, -0.05) is 31.1 Å². The molecule has 1 aromatic heterocycles. The van der Waals surface area contributed by atoms with E-state index in [0.29, 0.717) is 0 Å². The molecule has 0 spiro atoms. The third kappa shape index (κ3) is 3.09. The van der Waals surface area contributed by atoms with Crippen molar-refractivity contribution in [2.45, 2.75) is 26.2 Å². The van der Waals surface area contributed by atoms with Crippen LogP contribution in [0, 0.1) is 0 Å². The van der Waals surface area contributed by atoms with Gasteiger partial charge in [-0.2, -0.15) is 0 Å². The van der Waals surface area contributed by atoms with Crippen LogP contribution in [-0.4, -0.2) is 11.5 Å². The van der Waals surface area contributed by atoms with Crippen LogP contribution in [0.15, 0.2) is 6.20 Å². The second-order valence-electron chi connectivity index (χ2n) is 2.70. The fourth-order valence-corrected chi connectivity index (χ4v) is 1.55. The molecule has 0 fully saturated rings. The molecule has 0 saturated carbocycles. The minimum atomic E-state index is 0.771. The van der Waals surface area contributed by atoms with Crippen LogP contribution < -0.4 is 11.1 Å². The summed E-state index contributed by atoms with van der Waals surface area (Å²) in [5.74, 6) is 0. The highest BCUT2D eigenvalue weighted by molar-refractivity contribution is 7.19. The van der Waals surface area contributed by atoms with E-state index < -0.39 is 0 Å². The van der Waals surface area contributed by atoms with Crippen molar-refractivity contribution < 1.29 is 0 Å². The lowest BCUT2D eigenvalue weighted by molar-refractivity contribution is 0.743. The monoisotopic (exact) mass is 185 g/mol. The van der Waals surface area contributed by atoms with Crippen molar-refractivity contribution in [3.8, 4) is 0 Å². The van der Waals surface area contributed by atoms with Gasteiger partial charge in [0, 0.05) is 6.54 Å². The molecule has 1 aromatic rings. The summed E-state index contributed by atoms with van der Waals surface area (Å²) in [5, 5.41) is 4.93. The maximum Gasteiger partial charge on any atom is 0.184 e. The fraction of sp³-hybridized carbons (Fsp3) is 0.625. The van der Waals surface area contributed by atoms with Gasteiger partial charge in [-0.3, -0.25) is 0 Å². The topological polar surface area (TPSA) is 50.9 Å². The number of nitrogen functional groups attached to an aromatic ring is 1. The van der Waals surface area contributed by atoms with Crippen LogP contribution in [0.5, 0.6) is 0 Å². The lowest BCUT2D eigenvalue weighted by atomic mass is 10.2. The zero-order valence-electron chi connectivity index (χ0n) is 7.34. The van der Waals surface area contributed by atoms with Gasteiger partial charge >= 0.3 is 0 Å². The molecule has 12 heavy (non-hydrogen) atoms. The molecule has 1 rings (SSSR count). The minimum Gasteiger partial charge on any atom is -0.389 e. The van der Waals surface area contributed by atoms with Gasteiger partial charge in [0.1, 0.15) is 5.00 Å². The molecule has 4 heteroatoms. The Hall–Kier alpha value is -0.770. The molecular formula is C8H15N3S. The Kier molecular flexibility index (Phi) is 3.87. The van der Waals surface area contributed by atoms with Crippen LogP contribution in [-0.2, 0) is 0 Å². The number of hydrogen-bond acceptors (Lipinski definition) is 4. The molecule has 0 bridgehead atoms. The first-order chi connectivity index (χ1) is 5.83. The molecule has 3 N–H and O–H groups in total. The molecule has 1 heterocycles. The van der Waals surface area contributed by atoms with Crippen LogP contribution in [0.4, 0.5) is 10.1 Å². The second kappa shape index (κ2) is 4.98.